The highest BCUT2D eigenvalue weighted by Gasteiger charge is 2.41. The molecule has 0 aromatic heterocycles. The highest BCUT2D eigenvalue weighted by molar-refractivity contribution is 8.04. The number of thioether (sulfide) groups is 1. The summed E-state index contributed by atoms with van der Waals surface area (Å²) in [5.74, 6) is -2.83. The van der Waals surface area contributed by atoms with Crippen LogP contribution in [0.3, 0.4) is 0 Å². The van der Waals surface area contributed by atoms with Gasteiger partial charge in [-0.25, -0.2) is 13.7 Å². The zero-order valence-electron chi connectivity index (χ0n) is 13.6. The van der Waals surface area contributed by atoms with Gasteiger partial charge in [-0.15, -0.1) is 11.8 Å². The second-order valence-electron chi connectivity index (χ2n) is 5.78. The van der Waals surface area contributed by atoms with E-state index in [0.717, 1.165) is 18.2 Å². The summed E-state index contributed by atoms with van der Waals surface area (Å²) in [7, 11) is 0. The second-order valence-corrected chi connectivity index (χ2v) is 7.36. The Morgan fingerprint density at radius 3 is 2.28 bits per heavy atom. The molecule has 1 heterocycles. The van der Waals surface area contributed by atoms with E-state index in [1.54, 1.807) is 30.3 Å². The average molecular weight is 359 g/mol. The zero-order chi connectivity index (χ0) is 18.1. The molecule has 0 bridgehead atoms. The Bertz CT molecular complexity index is 878. The average Bonchev–Trinajstić information content (AvgIpc) is 2.81. The Morgan fingerprint density at radius 2 is 1.64 bits per heavy atom. The lowest BCUT2D eigenvalue weighted by molar-refractivity contribution is -0.119. The molecule has 0 aliphatic carbocycles. The van der Waals surface area contributed by atoms with Gasteiger partial charge in [-0.2, -0.15) is 0 Å². The molecule has 0 radical (unpaired) electrons. The van der Waals surface area contributed by atoms with Crippen LogP contribution < -0.4 is 4.90 Å². The molecule has 2 amide bonds. The van der Waals surface area contributed by atoms with Crippen LogP contribution in [-0.2, 0) is 9.59 Å². The van der Waals surface area contributed by atoms with E-state index < -0.39 is 23.4 Å². The van der Waals surface area contributed by atoms with Gasteiger partial charge < -0.3 is 0 Å². The van der Waals surface area contributed by atoms with Crippen LogP contribution in [0.5, 0.6) is 0 Å². The highest BCUT2D eigenvalue weighted by Crippen LogP contribution is 2.40. The van der Waals surface area contributed by atoms with Crippen LogP contribution in [0.1, 0.15) is 19.4 Å². The third-order valence-electron chi connectivity index (χ3n) is 3.61. The first-order valence-electron chi connectivity index (χ1n) is 7.70. The number of anilines is 1. The van der Waals surface area contributed by atoms with Gasteiger partial charge in [-0.1, -0.05) is 44.2 Å². The zero-order valence-corrected chi connectivity index (χ0v) is 14.4. The molecule has 6 heteroatoms. The molecule has 3 nitrogen and oxygen atoms in total. The van der Waals surface area contributed by atoms with E-state index in [4.69, 9.17) is 0 Å². The molecule has 128 valence electrons. The quantitative estimate of drug-likeness (QED) is 0.760. The molecule has 1 aliphatic rings. The van der Waals surface area contributed by atoms with Gasteiger partial charge in [0.1, 0.15) is 11.6 Å². The van der Waals surface area contributed by atoms with E-state index in [0.29, 0.717) is 10.5 Å². The van der Waals surface area contributed by atoms with Crippen molar-refractivity contribution in [2.24, 2.45) is 0 Å². The summed E-state index contributed by atoms with van der Waals surface area (Å²) in [6, 6.07) is 11.4. The molecule has 2 aromatic rings. The minimum absolute atomic E-state index is 0.0442. The maximum atomic E-state index is 14.1. The van der Waals surface area contributed by atoms with Crippen molar-refractivity contribution in [3.63, 3.8) is 0 Å². The van der Waals surface area contributed by atoms with Crippen LogP contribution in [0.25, 0.3) is 5.57 Å². The van der Waals surface area contributed by atoms with Crippen LogP contribution >= 0.6 is 11.8 Å². The van der Waals surface area contributed by atoms with Gasteiger partial charge in [-0.3, -0.25) is 9.59 Å². The second kappa shape index (κ2) is 6.80. The first-order valence-corrected chi connectivity index (χ1v) is 8.58. The molecule has 2 aromatic carbocycles. The summed E-state index contributed by atoms with van der Waals surface area (Å²) in [5.41, 5.74) is 0.416. The first kappa shape index (κ1) is 17.4. The molecule has 0 spiro atoms. The number of hydrogen-bond acceptors (Lipinski definition) is 3. The lowest BCUT2D eigenvalue weighted by atomic mass is 10.1. The molecule has 0 saturated carbocycles. The van der Waals surface area contributed by atoms with Crippen LogP contribution in [0.2, 0.25) is 0 Å². The summed E-state index contributed by atoms with van der Waals surface area (Å²) in [4.78, 5) is 26.7. The van der Waals surface area contributed by atoms with Gasteiger partial charge in [0.25, 0.3) is 11.8 Å². The SMILES string of the molecule is CC(C)SC1=C(c2ccccc2)C(=O)N(c2cc(F)ccc2F)C1=O. The van der Waals surface area contributed by atoms with Crippen molar-refractivity contribution in [2.45, 2.75) is 19.1 Å². The molecular weight excluding hydrogens is 344 g/mol. The Kier molecular flexibility index (Phi) is 4.72. The fourth-order valence-corrected chi connectivity index (χ4v) is 3.58. The molecule has 1 aliphatic heterocycles. The predicted octanol–water partition coefficient (Wildman–Crippen LogP) is 4.39. The monoisotopic (exact) mass is 359 g/mol. The smallest absolute Gasteiger partial charge is 0.268 e. The summed E-state index contributed by atoms with van der Waals surface area (Å²) >= 11 is 1.24. The summed E-state index contributed by atoms with van der Waals surface area (Å²) in [6.45, 7) is 3.78. The molecular formula is C19H15F2NO2S. The molecule has 25 heavy (non-hydrogen) atoms. The van der Waals surface area contributed by atoms with Crippen molar-refractivity contribution >= 4 is 34.8 Å². The number of rotatable bonds is 4. The van der Waals surface area contributed by atoms with E-state index in [1.165, 1.54) is 11.8 Å². The van der Waals surface area contributed by atoms with E-state index in [-0.39, 0.29) is 21.4 Å². The summed E-state index contributed by atoms with van der Waals surface area (Å²) in [5, 5.41) is 0.0442. The van der Waals surface area contributed by atoms with Gasteiger partial charge in [-0.05, 0) is 17.7 Å². The van der Waals surface area contributed by atoms with Gasteiger partial charge in [0, 0.05) is 11.3 Å². The van der Waals surface area contributed by atoms with E-state index in [2.05, 4.69) is 0 Å². The summed E-state index contributed by atoms with van der Waals surface area (Å²) in [6.07, 6.45) is 0. The number of nitrogens with zero attached hydrogens (tertiary/aromatic N) is 1. The molecule has 0 N–H and O–H groups in total. The number of imide groups is 1. The fourth-order valence-electron chi connectivity index (χ4n) is 2.59. The number of carbonyl (C=O) groups is 2. The third-order valence-corrected chi connectivity index (χ3v) is 4.69. The van der Waals surface area contributed by atoms with Crippen molar-refractivity contribution < 1.29 is 18.4 Å². The maximum absolute atomic E-state index is 14.1. The number of halogens is 2. The van der Waals surface area contributed by atoms with Crippen LogP contribution in [-0.4, -0.2) is 17.1 Å². The van der Waals surface area contributed by atoms with E-state index in [9.17, 15) is 18.4 Å². The maximum Gasteiger partial charge on any atom is 0.272 e. The molecule has 3 rings (SSSR count). The number of hydrogen-bond donors (Lipinski definition) is 0. The van der Waals surface area contributed by atoms with Gasteiger partial charge in [0.15, 0.2) is 0 Å². The Morgan fingerprint density at radius 1 is 0.960 bits per heavy atom. The number of carbonyl (C=O) groups excluding carboxylic acids is 2. The van der Waals surface area contributed by atoms with Crippen LogP contribution in [0.4, 0.5) is 14.5 Å². The number of amides is 2. The van der Waals surface area contributed by atoms with E-state index in [1.807, 2.05) is 13.8 Å². The minimum Gasteiger partial charge on any atom is -0.268 e. The lowest BCUT2D eigenvalue weighted by Crippen LogP contribution is -2.32. The van der Waals surface area contributed by atoms with Crippen molar-refractivity contribution in [3.05, 3.63) is 70.6 Å². The Balaban J connectivity index is 2.14. The molecule has 0 fully saturated rings. The Labute approximate surface area is 148 Å². The first-order chi connectivity index (χ1) is 11.9. The van der Waals surface area contributed by atoms with Gasteiger partial charge >= 0.3 is 0 Å². The standard InChI is InChI=1S/C19H15F2NO2S/c1-11(2)25-17-16(12-6-4-3-5-7-12)18(23)22(19(17)24)15-10-13(20)8-9-14(15)21/h3-11H,1-2H3. The van der Waals surface area contributed by atoms with E-state index >= 15 is 0 Å². The normalized spacial score (nSPS) is 14.8. The van der Waals surface area contributed by atoms with Gasteiger partial charge in [0.05, 0.1) is 16.2 Å². The number of benzene rings is 2. The van der Waals surface area contributed by atoms with Gasteiger partial charge in [0.2, 0.25) is 0 Å². The van der Waals surface area contributed by atoms with Crippen molar-refractivity contribution in [2.75, 3.05) is 4.90 Å². The third kappa shape index (κ3) is 3.22. The van der Waals surface area contributed by atoms with Crippen molar-refractivity contribution in [1.29, 1.82) is 0 Å². The topological polar surface area (TPSA) is 37.4 Å². The van der Waals surface area contributed by atoms with Crippen LogP contribution in [0, 0.1) is 11.6 Å². The summed E-state index contributed by atoms with van der Waals surface area (Å²) < 4.78 is 27.7. The highest BCUT2D eigenvalue weighted by atomic mass is 32.2. The Hall–Kier alpha value is -2.47. The molecule has 0 saturated heterocycles. The fraction of sp³-hybridized carbons (Fsp3) is 0.158. The molecule has 0 atom stereocenters. The minimum atomic E-state index is -0.827. The van der Waals surface area contributed by atoms with Crippen LogP contribution in [0.15, 0.2) is 53.4 Å². The predicted molar refractivity (Wildman–Crippen MR) is 94.9 cm³/mol. The van der Waals surface area contributed by atoms with Crippen molar-refractivity contribution in [1.82, 2.24) is 0 Å². The van der Waals surface area contributed by atoms with Crippen molar-refractivity contribution in [3.8, 4) is 0 Å². The largest absolute Gasteiger partial charge is 0.272 e. The lowest BCUT2D eigenvalue weighted by Gasteiger charge is -2.16. The molecule has 0 unspecified atom stereocenters.